The Morgan fingerprint density at radius 3 is 2.50 bits per heavy atom. The summed E-state index contributed by atoms with van der Waals surface area (Å²) >= 11 is 1.19. The van der Waals surface area contributed by atoms with Crippen LogP contribution in [0.15, 0.2) is 59.5 Å². The molecule has 1 amide bonds. The second-order valence-electron chi connectivity index (χ2n) is 6.51. The van der Waals surface area contributed by atoms with Crippen LogP contribution >= 0.6 is 11.3 Å². The summed E-state index contributed by atoms with van der Waals surface area (Å²) in [4.78, 5) is 15.7. The van der Waals surface area contributed by atoms with Gasteiger partial charge in [-0.25, -0.2) is 12.8 Å². The van der Waals surface area contributed by atoms with Crippen LogP contribution in [-0.2, 0) is 22.9 Å². The van der Waals surface area contributed by atoms with Crippen molar-refractivity contribution in [2.24, 2.45) is 0 Å². The van der Waals surface area contributed by atoms with Gasteiger partial charge in [0.1, 0.15) is 5.82 Å². The minimum Gasteiger partial charge on any atom is -0.273 e. The SMILES string of the molecule is O=C(NNS(=O)(=O)c1ccc2c(c1)CCC2)c1ccc(-c2ccc(F)cc2)s1. The zero-order chi connectivity index (χ0) is 19.7. The average molecular weight is 416 g/mol. The van der Waals surface area contributed by atoms with Crippen molar-refractivity contribution in [3.63, 3.8) is 0 Å². The number of rotatable bonds is 5. The molecule has 4 rings (SSSR count). The fraction of sp³-hybridized carbons (Fsp3) is 0.150. The van der Waals surface area contributed by atoms with Gasteiger partial charge in [0.05, 0.1) is 9.77 Å². The lowest BCUT2D eigenvalue weighted by molar-refractivity contribution is 0.0949. The van der Waals surface area contributed by atoms with E-state index in [2.05, 4.69) is 10.3 Å². The molecule has 8 heteroatoms. The number of halogens is 1. The van der Waals surface area contributed by atoms with Crippen LogP contribution in [0.5, 0.6) is 0 Å². The summed E-state index contributed by atoms with van der Waals surface area (Å²) in [5.41, 5.74) is 5.25. The Labute approximate surface area is 166 Å². The Morgan fingerprint density at radius 2 is 1.71 bits per heavy atom. The predicted octanol–water partition coefficient (Wildman–Crippen LogP) is 3.67. The van der Waals surface area contributed by atoms with Crippen molar-refractivity contribution >= 4 is 27.3 Å². The molecule has 0 bridgehead atoms. The largest absolute Gasteiger partial charge is 0.276 e. The first-order valence-corrected chi connectivity index (χ1v) is 11.0. The quantitative estimate of drug-likeness (QED) is 0.623. The molecule has 144 valence electrons. The minimum atomic E-state index is -3.85. The van der Waals surface area contributed by atoms with Gasteiger partial charge in [-0.3, -0.25) is 10.2 Å². The van der Waals surface area contributed by atoms with Gasteiger partial charge in [0, 0.05) is 4.88 Å². The number of fused-ring (bicyclic) bond motifs is 1. The molecule has 2 aromatic carbocycles. The van der Waals surface area contributed by atoms with E-state index < -0.39 is 15.9 Å². The van der Waals surface area contributed by atoms with Crippen molar-refractivity contribution in [2.75, 3.05) is 0 Å². The van der Waals surface area contributed by atoms with Gasteiger partial charge in [-0.2, -0.15) is 0 Å². The molecule has 0 radical (unpaired) electrons. The standard InChI is InChI=1S/C20H17FN2O3S2/c21-16-7-4-14(5-8-16)18-10-11-19(27-18)20(24)22-23-28(25,26)17-9-6-13-2-1-3-15(13)12-17/h4-12,23H,1-3H2,(H,22,24). The molecule has 1 heterocycles. The number of amides is 1. The molecule has 0 atom stereocenters. The molecule has 3 aromatic rings. The van der Waals surface area contributed by atoms with Crippen molar-refractivity contribution < 1.29 is 17.6 Å². The van der Waals surface area contributed by atoms with Crippen LogP contribution in [0.4, 0.5) is 4.39 Å². The van der Waals surface area contributed by atoms with E-state index in [-0.39, 0.29) is 10.7 Å². The number of aryl methyl sites for hydroxylation is 2. The summed E-state index contributed by atoms with van der Waals surface area (Å²) in [5.74, 6) is -0.887. The van der Waals surface area contributed by atoms with Gasteiger partial charge >= 0.3 is 0 Å². The number of nitrogens with one attached hydrogen (secondary N) is 2. The third-order valence-corrected chi connectivity index (χ3v) is 7.02. The highest BCUT2D eigenvalue weighted by Crippen LogP contribution is 2.28. The molecule has 0 saturated carbocycles. The van der Waals surface area contributed by atoms with Crippen molar-refractivity contribution in [3.8, 4) is 10.4 Å². The molecule has 0 aliphatic heterocycles. The monoisotopic (exact) mass is 416 g/mol. The van der Waals surface area contributed by atoms with E-state index in [1.807, 2.05) is 6.07 Å². The minimum absolute atomic E-state index is 0.131. The Hall–Kier alpha value is -2.55. The van der Waals surface area contributed by atoms with Crippen molar-refractivity contribution in [1.82, 2.24) is 10.3 Å². The second kappa shape index (κ2) is 7.46. The first-order chi connectivity index (χ1) is 13.4. The molecule has 5 nitrogen and oxygen atoms in total. The lowest BCUT2D eigenvalue weighted by Gasteiger charge is -2.09. The Bertz CT molecular complexity index is 1140. The molecule has 28 heavy (non-hydrogen) atoms. The highest BCUT2D eigenvalue weighted by atomic mass is 32.2. The first kappa shape index (κ1) is 18.8. The van der Waals surface area contributed by atoms with Crippen molar-refractivity contribution in [1.29, 1.82) is 0 Å². The molecule has 0 unspecified atom stereocenters. The number of hydrazine groups is 1. The molecular formula is C20H17FN2O3S2. The van der Waals surface area contributed by atoms with E-state index in [4.69, 9.17) is 0 Å². The second-order valence-corrected chi connectivity index (χ2v) is 9.28. The fourth-order valence-corrected chi connectivity index (χ4v) is 4.97. The zero-order valence-corrected chi connectivity index (χ0v) is 16.4. The van der Waals surface area contributed by atoms with E-state index in [1.165, 1.54) is 29.0 Å². The lowest BCUT2D eigenvalue weighted by atomic mass is 10.1. The maximum absolute atomic E-state index is 13.0. The van der Waals surface area contributed by atoms with Crippen LogP contribution in [0, 0.1) is 5.82 Å². The molecule has 1 aliphatic rings. The third-order valence-electron chi connectivity index (χ3n) is 4.64. The van der Waals surface area contributed by atoms with Gasteiger partial charge < -0.3 is 0 Å². The molecule has 1 aliphatic carbocycles. The fourth-order valence-electron chi connectivity index (χ4n) is 3.18. The van der Waals surface area contributed by atoms with Crippen molar-refractivity contribution in [2.45, 2.75) is 24.2 Å². The van der Waals surface area contributed by atoms with Crippen molar-refractivity contribution in [3.05, 3.63) is 76.4 Å². The number of hydrogen-bond donors (Lipinski definition) is 2. The summed E-state index contributed by atoms with van der Waals surface area (Å²) in [7, 11) is -3.85. The van der Waals surface area contributed by atoms with E-state index in [0.717, 1.165) is 35.3 Å². The smallest absolute Gasteiger partial charge is 0.273 e. The van der Waals surface area contributed by atoms with Gasteiger partial charge in [-0.05, 0) is 72.4 Å². The average Bonchev–Trinajstić information content (AvgIpc) is 3.35. The summed E-state index contributed by atoms with van der Waals surface area (Å²) in [6.45, 7) is 0. The predicted molar refractivity (Wildman–Crippen MR) is 106 cm³/mol. The number of benzene rings is 2. The number of hydrogen-bond acceptors (Lipinski definition) is 4. The van der Waals surface area contributed by atoms with Gasteiger partial charge in [0.15, 0.2) is 0 Å². The van der Waals surface area contributed by atoms with Gasteiger partial charge in [-0.1, -0.05) is 18.2 Å². The highest BCUT2D eigenvalue weighted by molar-refractivity contribution is 7.89. The summed E-state index contributed by atoms with van der Waals surface area (Å²) in [5, 5.41) is 0. The number of sulfonamides is 1. The summed E-state index contributed by atoms with van der Waals surface area (Å²) in [6.07, 6.45) is 2.86. The van der Waals surface area contributed by atoms with Crippen LogP contribution in [-0.4, -0.2) is 14.3 Å². The Morgan fingerprint density at radius 1 is 0.964 bits per heavy atom. The van der Waals surface area contributed by atoms with Crippen LogP contribution in [0.1, 0.15) is 27.2 Å². The molecule has 0 saturated heterocycles. The summed E-state index contributed by atoms with van der Waals surface area (Å²) in [6, 6.07) is 14.3. The zero-order valence-electron chi connectivity index (χ0n) is 14.7. The number of carbonyl (C=O) groups is 1. The van der Waals surface area contributed by atoms with E-state index >= 15 is 0 Å². The third kappa shape index (κ3) is 3.84. The summed E-state index contributed by atoms with van der Waals surface area (Å²) < 4.78 is 38.0. The van der Waals surface area contributed by atoms with E-state index in [9.17, 15) is 17.6 Å². The molecule has 0 spiro atoms. The maximum Gasteiger partial charge on any atom is 0.276 e. The van der Waals surface area contributed by atoms with Gasteiger partial charge in [0.25, 0.3) is 15.9 Å². The lowest BCUT2D eigenvalue weighted by Crippen LogP contribution is -2.41. The topological polar surface area (TPSA) is 75.3 Å². The Balaban J connectivity index is 1.45. The maximum atomic E-state index is 13.0. The van der Waals surface area contributed by atoms with Gasteiger partial charge in [-0.15, -0.1) is 16.2 Å². The molecule has 0 fully saturated rings. The highest BCUT2D eigenvalue weighted by Gasteiger charge is 2.20. The molecule has 2 N–H and O–H groups in total. The number of thiophene rings is 1. The molecule has 1 aromatic heterocycles. The van der Waals surface area contributed by atoms with Gasteiger partial charge in [0.2, 0.25) is 0 Å². The van der Waals surface area contributed by atoms with Crippen LogP contribution in [0.3, 0.4) is 0 Å². The van der Waals surface area contributed by atoms with Crippen LogP contribution in [0.2, 0.25) is 0 Å². The number of carbonyl (C=O) groups excluding carboxylic acids is 1. The molecular weight excluding hydrogens is 399 g/mol. The van der Waals surface area contributed by atoms with Crippen LogP contribution in [0.25, 0.3) is 10.4 Å². The Kier molecular flexibility index (Phi) is 5.01. The van der Waals surface area contributed by atoms with E-state index in [0.29, 0.717) is 4.88 Å². The first-order valence-electron chi connectivity index (χ1n) is 8.72. The van der Waals surface area contributed by atoms with E-state index in [1.54, 1.807) is 36.4 Å². The van der Waals surface area contributed by atoms with Crippen LogP contribution < -0.4 is 10.3 Å². The normalized spacial score (nSPS) is 13.3.